The predicted molar refractivity (Wildman–Crippen MR) is 92.1 cm³/mol. The van der Waals surface area contributed by atoms with Gasteiger partial charge in [0.05, 0.1) is 0 Å². The molecule has 0 aromatic carbocycles. The van der Waals surface area contributed by atoms with Crippen molar-refractivity contribution in [2.75, 3.05) is 11.5 Å². The van der Waals surface area contributed by atoms with Crippen LogP contribution in [0.2, 0.25) is 0 Å². The fourth-order valence-electron chi connectivity index (χ4n) is 0.741. The maximum atomic E-state index is 10.5. The summed E-state index contributed by atoms with van der Waals surface area (Å²) in [4.78, 5) is 20.9. The Kier molecular flexibility index (Phi) is 15.3. The Balaban J connectivity index is 2.99. The summed E-state index contributed by atoms with van der Waals surface area (Å²) in [7, 11) is 10.3. The van der Waals surface area contributed by atoms with E-state index < -0.39 is 0 Å². The van der Waals surface area contributed by atoms with Crippen LogP contribution in [0.25, 0.3) is 0 Å². The van der Waals surface area contributed by atoms with E-state index in [1.165, 1.54) is 0 Å². The van der Waals surface area contributed by atoms with Crippen LogP contribution in [0.1, 0.15) is 25.7 Å². The molecule has 0 radical (unpaired) electrons. The fraction of sp³-hybridized carbons (Fsp3) is 0.750. The standard InChI is InChI=1S/C8H16N2O2S6/c9-7(11)3-1-5-13-15-17-18-16-14-6-2-4-8(10)12/h1-6H2,(H2,9,11)(H2,10,12). The van der Waals surface area contributed by atoms with Crippen LogP contribution in [0.15, 0.2) is 0 Å². The van der Waals surface area contributed by atoms with E-state index in [-0.39, 0.29) is 11.8 Å². The molecule has 0 aliphatic heterocycles. The summed E-state index contributed by atoms with van der Waals surface area (Å²) in [5.41, 5.74) is 10.1. The van der Waals surface area contributed by atoms with Crippen molar-refractivity contribution in [3.8, 4) is 0 Å². The summed E-state index contributed by atoms with van der Waals surface area (Å²) in [6.45, 7) is 0. The Hall–Kier alpha value is 1.04. The van der Waals surface area contributed by atoms with E-state index >= 15 is 0 Å². The van der Waals surface area contributed by atoms with Crippen LogP contribution in [0.5, 0.6) is 0 Å². The molecule has 106 valence electrons. The van der Waals surface area contributed by atoms with E-state index in [0.717, 1.165) is 24.3 Å². The lowest BCUT2D eigenvalue weighted by Gasteiger charge is -1.99. The largest absolute Gasteiger partial charge is 0.370 e. The maximum Gasteiger partial charge on any atom is 0.217 e. The van der Waals surface area contributed by atoms with Gasteiger partial charge < -0.3 is 11.5 Å². The van der Waals surface area contributed by atoms with Crippen LogP contribution >= 0.6 is 60.9 Å². The monoisotopic (exact) mass is 364 g/mol. The summed E-state index contributed by atoms with van der Waals surface area (Å²) in [6, 6.07) is 0. The van der Waals surface area contributed by atoms with Crippen molar-refractivity contribution in [3.05, 3.63) is 0 Å². The molecular weight excluding hydrogens is 349 g/mol. The average Bonchev–Trinajstić information content (AvgIpc) is 2.29. The van der Waals surface area contributed by atoms with Crippen LogP contribution < -0.4 is 11.5 Å². The van der Waals surface area contributed by atoms with Gasteiger partial charge in [0, 0.05) is 24.3 Å². The van der Waals surface area contributed by atoms with Gasteiger partial charge in [0.2, 0.25) is 11.8 Å². The average molecular weight is 365 g/mol. The summed E-state index contributed by atoms with van der Waals surface area (Å²) < 4.78 is 0. The van der Waals surface area contributed by atoms with Gasteiger partial charge in [0.1, 0.15) is 0 Å². The Bertz CT molecular complexity index is 220. The minimum Gasteiger partial charge on any atom is -0.370 e. The molecule has 0 aromatic rings. The first-order valence-electron chi connectivity index (χ1n) is 5.10. The zero-order valence-electron chi connectivity index (χ0n) is 9.66. The molecule has 0 saturated heterocycles. The van der Waals surface area contributed by atoms with Crippen molar-refractivity contribution in [1.29, 1.82) is 0 Å². The zero-order valence-corrected chi connectivity index (χ0v) is 14.6. The van der Waals surface area contributed by atoms with Crippen molar-refractivity contribution >= 4 is 72.7 Å². The molecule has 0 aromatic heterocycles. The van der Waals surface area contributed by atoms with Crippen molar-refractivity contribution in [2.24, 2.45) is 11.5 Å². The van der Waals surface area contributed by atoms with E-state index in [1.807, 2.05) is 0 Å². The first-order chi connectivity index (χ1) is 8.63. The van der Waals surface area contributed by atoms with E-state index in [2.05, 4.69) is 0 Å². The van der Waals surface area contributed by atoms with Gasteiger partial charge in [-0.15, -0.1) is 0 Å². The van der Waals surface area contributed by atoms with E-state index in [1.54, 1.807) is 60.9 Å². The van der Waals surface area contributed by atoms with E-state index in [9.17, 15) is 9.59 Å². The minimum absolute atomic E-state index is 0.231. The first kappa shape index (κ1) is 19.0. The third-order valence-electron chi connectivity index (χ3n) is 1.48. The van der Waals surface area contributed by atoms with E-state index in [0.29, 0.717) is 12.8 Å². The van der Waals surface area contributed by atoms with Crippen molar-refractivity contribution in [3.63, 3.8) is 0 Å². The van der Waals surface area contributed by atoms with Crippen LogP contribution in [-0.4, -0.2) is 23.3 Å². The Morgan fingerprint density at radius 1 is 0.722 bits per heavy atom. The lowest BCUT2D eigenvalue weighted by molar-refractivity contribution is -0.118. The van der Waals surface area contributed by atoms with Crippen molar-refractivity contribution in [1.82, 2.24) is 0 Å². The van der Waals surface area contributed by atoms with Gasteiger partial charge in [-0.1, -0.05) is 21.6 Å². The lowest BCUT2D eigenvalue weighted by atomic mass is 10.3. The molecule has 0 aliphatic rings. The smallest absolute Gasteiger partial charge is 0.217 e. The third-order valence-corrected chi connectivity index (χ3v) is 12.6. The normalized spacial score (nSPS) is 10.4. The van der Waals surface area contributed by atoms with Gasteiger partial charge >= 0.3 is 0 Å². The van der Waals surface area contributed by atoms with Crippen LogP contribution in [0.3, 0.4) is 0 Å². The molecule has 0 spiro atoms. The number of hydrogen-bond acceptors (Lipinski definition) is 8. The summed E-state index contributed by atoms with van der Waals surface area (Å²) in [5, 5.41) is 0. The van der Waals surface area contributed by atoms with Gasteiger partial charge in [0.15, 0.2) is 0 Å². The summed E-state index contributed by atoms with van der Waals surface area (Å²) >= 11 is 0. The number of carbonyl (C=O) groups is 2. The highest BCUT2D eigenvalue weighted by Crippen LogP contribution is 2.52. The molecule has 0 saturated carbocycles. The maximum absolute atomic E-state index is 10.5. The first-order valence-corrected chi connectivity index (χ1v) is 12.9. The molecule has 4 N–H and O–H groups in total. The van der Waals surface area contributed by atoms with Gasteiger partial charge in [-0.05, 0) is 52.1 Å². The Morgan fingerprint density at radius 2 is 1.11 bits per heavy atom. The highest BCUT2D eigenvalue weighted by atomic mass is 33.9. The van der Waals surface area contributed by atoms with Gasteiger partial charge in [0.25, 0.3) is 0 Å². The topological polar surface area (TPSA) is 86.2 Å². The fourth-order valence-corrected chi connectivity index (χ4v) is 12.4. The lowest BCUT2D eigenvalue weighted by Crippen LogP contribution is -2.09. The molecule has 2 amide bonds. The highest BCUT2D eigenvalue weighted by Gasteiger charge is 1.98. The molecule has 10 heteroatoms. The number of hydrogen-bond donors (Lipinski definition) is 2. The molecule has 0 aliphatic carbocycles. The Morgan fingerprint density at radius 3 is 1.44 bits per heavy atom. The molecule has 18 heavy (non-hydrogen) atoms. The van der Waals surface area contributed by atoms with Gasteiger partial charge in [-0.3, -0.25) is 9.59 Å². The second kappa shape index (κ2) is 14.4. The van der Waals surface area contributed by atoms with Crippen molar-refractivity contribution in [2.45, 2.75) is 25.7 Å². The molecule has 0 rings (SSSR count). The predicted octanol–water partition coefficient (Wildman–Crippen LogP) is 3.49. The zero-order chi connectivity index (χ0) is 13.6. The number of carbonyl (C=O) groups excluding carboxylic acids is 2. The van der Waals surface area contributed by atoms with Gasteiger partial charge in [-0.25, -0.2) is 0 Å². The third kappa shape index (κ3) is 17.0. The van der Waals surface area contributed by atoms with Crippen LogP contribution in [0.4, 0.5) is 0 Å². The highest BCUT2D eigenvalue weighted by molar-refractivity contribution is 9.41. The number of nitrogens with two attached hydrogens (primary N) is 2. The quantitative estimate of drug-likeness (QED) is 0.379. The minimum atomic E-state index is -0.231. The molecule has 0 bridgehead atoms. The molecule has 0 unspecified atom stereocenters. The van der Waals surface area contributed by atoms with Gasteiger partial charge in [-0.2, -0.15) is 0 Å². The SMILES string of the molecule is NC(=O)CCCSSSSSSCCCC(N)=O. The number of primary amides is 2. The van der Waals surface area contributed by atoms with Crippen LogP contribution in [-0.2, 0) is 9.59 Å². The number of rotatable bonds is 13. The summed E-state index contributed by atoms with van der Waals surface area (Å²) in [5.74, 6) is 1.42. The summed E-state index contributed by atoms with van der Waals surface area (Å²) in [6.07, 6.45) is 2.62. The molecular formula is C8H16N2O2S6. The molecule has 4 nitrogen and oxygen atoms in total. The molecule has 0 heterocycles. The Labute approximate surface area is 130 Å². The van der Waals surface area contributed by atoms with Crippen molar-refractivity contribution < 1.29 is 9.59 Å². The van der Waals surface area contributed by atoms with E-state index in [4.69, 9.17) is 11.5 Å². The second-order valence-corrected chi connectivity index (χ2v) is 12.8. The van der Waals surface area contributed by atoms with Crippen LogP contribution in [0, 0.1) is 0 Å². The number of amides is 2. The second-order valence-electron chi connectivity index (χ2n) is 3.06. The molecule has 0 fully saturated rings. The molecule has 0 atom stereocenters.